The zero-order valence-corrected chi connectivity index (χ0v) is 14.2. The highest BCUT2D eigenvalue weighted by Gasteiger charge is 2.44. The quantitative estimate of drug-likeness (QED) is 0.829. The lowest BCUT2D eigenvalue weighted by molar-refractivity contribution is 0.157. The Morgan fingerprint density at radius 1 is 1.17 bits per heavy atom. The van der Waals surface area contributed by atoms with E-state index in [1.54, 1.807) is 0 Å². The van der Waals surface area contributed by atoms with E-state index < -0.39 is 10.0 Å². The molecule has 2 atom stereocenters. The predicted molar refractivity (Wildman–Crippen MR) is 84.9 cm³/mol. The van der Waals surface area contributed by atoms with Gasteiger partial charge in [0.1, 0.15) is 0 Å². The van der Waals surface area contributed by atoms with Gasteiger partial charge in [-0.3, -0.25) is 0 Å². The van der Waals surface area contributed by atoms with E-state index in [0.717, 1.165) is 18.7 Å². The molecule has 1 aliphatic rings. The summed E-state index contributed by atoms with van der Waals surface area (Å²) in [6, 6.07) is 0.321. The molecule has 0 unspecified atom stereocenters. The molecule has 1 heterocycles. The molecule has 0 aromatic rings. The molecule has 0 aromatic heterocycles. The Morgan fingerprint density at radius 3 is 2.00 bits per heavy atom. The number of aliphatic hydroxyl groups excluding tert-OH is 1. The van der Waals surface area contributed by atoms with E-state index in [-0.39, 0.29) is 15.6 Å². The Labute approximate surface area is 115 Å². The van der Waals surface area contributed by atoms with Crippen LogP contribution in [0.1, 0.15) is 54.4 Å². The summed E-state index contributed by atoms with van der Waals surface area (Å²) in [5.41, 5.74) is 0. The second-order valence-corrected chi connectivity index (χ2v) is 12.7. The van der Waals surface area contributed by atoms with Crippen LogP contribution in [0.25, 0.3) is 0 Å². The first-order valence-electron chi connectivity index (χ1n) is 7.16. The van der Waals surface area contributed by atoms with Crippen LogP contribution >= 0.6 is 10.0 Å². The molecule has 3 heteroatoms. The predicted octanol–water partition coefficient (Wildman–Crippen LogP) is 3.13. The van der Waals surface area contributed by atoms with Gasteiger partial charge in [-0.05, 0) is 35.1 Å². The molecule has 1 saturated heterocycles. The smallest absolute Gasteiger partial charge is 0.0769 e. The minimum absolute atomic E-state index is 0.189. The molecule has 0 spiro atoms. The zero-order chi connectivity index (χ0) is 14.2. The summed E-state index contributed by atoms with van der Waals surface area (Å²) in [6.07, 6.45) is 4.57. The van der Waals surface area contributed by atoms with Crippen LogP contribution in [-0.2, 0) is 0 Å². The van der Waals surface area contributed by atoms with Crippen LogP contribution in [0.4, 0.5) is 0 Å². The number of hydrogen-bond donors (Lipinski definition) is 2. The van der Waals surface area contributed by atoms with Gasteiger partial charge in [0, 0.05) is 11.8 Å². The van der Waals surface area contributed by atoms with Gasteiger partial charge in [0.05, 0.1) is 6.10 Å². The molecule has 0 bridgehead atoms. The van der Waals surface area contributed by atoms with Gasteiger partial charge in [-0.1, -0.05) is 41.5 Å². The fraction of sp³-hybridized carbons (Fsp3) is 1.00. The normalized spacial score (nSPS) is 25.2. The van der Waals surface area contributed by atoms with Gasteiger partial charge in [-0.15, -0.1) is 0 Å². The van der Waals surface area contributed by atoms with Crippen molar-refractivity contribution in [2.24, 2.45) is 0 Å². The van der Waals surface area contributed by atoms with Gasteiger partial charge in [0.25, 0.3) is 0 Å². The summed E-state index contributed by atoms with van der Waals surface area (Å²) in [6.45, 7) is 15.1. The van der Waals surface area contributed by atoms with E-state index in [0.29, 0.717) is 6.04 Å². The lowest BCUT2D eigenvalue weighted by Gasteiger charge is -2.58. The van der Waals surface area contributed by atoms with Crippen molar-refractivity contribution >= 4 is 10.0 Å². The molecule has 1 aliphatic heterocycles. The Morgan fingerprint density at radius 2 is 1.67 bits per heavy atom. The third-order valence-electron chi connectivity index (χ3n) is 4.77. The first-order chi connectivity index (χ1) is 7.99. The molecule has 1 fully saturated rings. The summed E-state index contributed by atoms with van der Waals surface area (Å²) < 4.78 is 0.537. The Kier molecular flexibility index (Phi) is 4.84. The summed E-state index contributed by atoms with van der Waals surface area (Å²) in [7, 11) is -0.898. The van der Waals surface area contributed by atoms with E-state index in [2.05, 4.69) is 53.1 Å². The van der Waals surface area contributed by atoms with E-state index in [9.17, 15) is 5.11 Å². The van der Waals surface area contributed by atoms with Crippen LogP contribution in [0.5, 0.6) is 0 Å². The van der Waals surface area contributed by atoms with Crippen LogP contribution in [0, 0.1) is 0 Å². The average molecular weight is 276 g/mol. The van der Waals surface area contributed by atoms with Crippen molar-refractivity contribution in [1.29, 1.82) is 0 Å². The van der Waals surface area contributed by atoms with E-state index in [1.165, 1.54) is 6.42 Å². The summed E-state index contributed by atoms with van der Waals surface area (Å²) >= 11 is 0. The van der Waals surface area contributed by atoms with Gasteiger partial charge in [0.15, 0.2) is 0 Å². The van der Waals surface area contributed by atoms with Crippen molar-refractivity contribution in [3.05, 3.63) is 0 Å². The average Bonchev–Trinajstić information content (AvgIpc) is 2.66. The van der Waals surface area contributed by atoms with Crippen molar-refractivity contribution in [3.8, 4) is 0 Å². The summed E-state index contributed by atoms with van der Waals surface area (Å²) in [4.78, 5) is 0. The third-order valence-corrected chi connectivity index (χ3v) is 11.2. The van der Waals surface area contributed by atoms with Crippen LogP contribution in [0.2, 0.25) is 0 Å². The second kappa shape index (κ2) is 5.34. The van der Waals surface area contributed by atoms with Crippen LogP contribution < -0.4 is 5.32 Å². The van der Waals surface area contributed by atoms with E-state index in [1.807, 2.05) is 0 Å². The molecule has 110 valence electrons. The summed E-state index contributed by atoms with van der Waals surface area (Å²) in [5.74, 6) is 0.956. The lowest BCUT2D eigenvalue weighted by Crippen LogP contribution is -2.46. The molecule has 0 amide bonds. The van der Waals surface area contributed by atoms with Gasteiger partial charge in [-0.25, -0.2) is 10.0 Å². The molecular formula is C15H33NOS. The minimum atomic E-state index is -0.898. The van der Waals surface area contributed by atoms with Gasteiger partial charge in [-0.2, -0.15) is 0 Å². The van der Waals surface area contributed by atoms with Crippen LogP contribution in [-0.4, -0.2) is 45.3 Å². The molecule has 0 aromatic carbocycles. The SMILES string of the molecule is CC(C)(C)S(C)(C[C@@H](O)[C@@H]1CCCN1)C(C)(C)C. The van der Waals surface area contributed by atoms with Crippen LogP contribution in [0.15, 0.2) is 0 Å². The maximum Gasteiger partial charge on any atom is 0.0769 e. The van der Waals surface area contributed by atoms with E-state index in [4.69, 9.17) is 0 Å². The first-order valence-corrected chi connectivity index (χ1v) is 9.37. The van der Waals surface area contributed by atoms with Crippen molar-refractivity contribution in [2.75, 3.05) is 18.6 Å². The first kappa shape index (κ1) is 16.3. The molecule has 0 saturated carbocycles. The van der Waals surface area contributed by atoms with Gasteiger partial charge in [0.2, 0.25) is 0 Å². The van der Waals surface area contributed by atoms with E-state index >= 15 is 0 Å². The van der Waals surface area contributed by atoms with Crippen molar-refractivity contribution < 1.29 is 5.11 Å². The summed E-state index contributed by atoms with van der Waals surface area (Å²) in [5, 5.41) is 14.0. The molecular weight excluding hydrogens is 242 g/mol. The maximum atomic E-state index is 10.6. The Bertz CT molecular complexity index is 257. The minimum Gasteiger partial charge on any atom is -0.391 e. The highest BCUT2D eigenvalue weighted by molar-refractivity contribution is 8.35. The molecule has 1 rings (SSSR count). The topological polar surface area (TPSA) is 32.3 Å². The second-order valence-electron chi connectivity index (χ2n) is 7.75. The fourth-order valence-electron chi connectivity index (χ4n) is 2.92. The maximum absolute atomic E-state index is 10.6. The zero-order valence-electron chi connectivity index (χ0n) is 13.3. The fourth-order valence-corrected chi connectivity index (χ4v) is 6.67. The third kappa shape index (κ3) is 3.23. The number of rotatable bonds is 3. The molecule has 0 aliphatic carbocycles. The molecule has 18 heavy (non-hydrogen) atoms. The standard InChI is InChI=1S/C15H33NOS/c1-14(2,3)18(7,15(4,5)6)11-13(17)12-9-8-10-16-12/h12-13,16-17H,8-11H2,1-7H3/t12-,13+/m0/s1. The number of aliphatic hydroxyl groups is 1. The van der Waals surface area contributed by atoms with Gasteiger partial charge < -0.3 is 10.4 Å². The number of nitrogens with one attached hydrogen (secondary N) is 1. The Balaban J connectivity index is 2.86. The molecule has 2 nitrogen and oxygen atoms in total. The van der Waals surface area contributed by atoms with Gasteiger partial charge >= 0.3 is 0 Å². The highest BCUT2D eigenvalue weighted by Crippen LogP contribution is 2.65. The molecule has 0 radical (unpaired) electrons. The number of hydrogen-bond acceptors (Lipinski definition) is 2. The van der Waals surface area contributed by atoms with Crippen molar-refractivity contribution in [3.63, 3.8) is 0 Å². The Hall–Kier alpha value is 0.270. The van der Waals surface area contributed by atoms with Crippen LogP contribution in [0.3, 0.4) is 0 Å². The highest BCUT2D eigenvalue weighted by atomic mass is 32.3. The van der Waals surface area contributed by atoms with Crippen molar-refractivity contribution in [2.45, 2.75) is 76.0 Å². The lowest BCUT2D eigenvalue weighted by atomic mass is 10.1. The van der Waals surface area contributed by atoms with Crippen molar-refractivity contribution in [1.82, 2.24) is 5.32 Å². The monoisotopic (exact) mass is 275 g/mol. The molecule has 2 N–H and O–H groups in total. The largest absolute Gasteiger partial charge is 0.391 e.